The summed E-state index contributed by atoms with van der Waals surface area (Å²) in [5.41, 5.74) is 8.54. The minimum atomic E-state index is 0.401. The predicted octanol–water partition coefficient (Wildman–Crippen LogP) is 3.68. The van der Waals surface area contributed by atoms with Gasteiger partial charge in [-0.25, -0.2) is 9.97 Å². The summed E-state index contributed by atoms with van der Waals surface area (Å²) in [5, 5.41) is 3.23. The van der Waals surface area contributed by atoms with Gasteiger partial charge in [-0.05, 0) is 36.6 Å². The van der Waals surface area contributed by atoms with E-state index in [9.17, 15) is 0 Å². The van der Waals surface area contributed by atoms with Gasteiger partial charge in [0.05, 0.1) is 11.0 Å². The van der Waals surface area contributed by atoms with Gasteiger partial charge in [0.2, 0.25) is 0 Å². The zero-order chi connectivity index (χ0) is 13.9. The SMILES string of the molecule is CSc1cccc(Nc2nc3ccccc3nc2N)c1. The van der Waals surface area contributed by atoms with Crippen LogP contribution >= 0.6 is 11.8 Å². The van der Waals surface area contributed by atoms with E-state index in [0.717, 1.165) is 16.7 Å². The molecule has 0 aliphatic heterocycles. The Kier molecular flexibility index (Phi) is 3.43. The summed E-state index contributed by atoms with van der Waals surface area (Å²) in [6.07, 6.45) is 2.04. The smallest absolute Gasteiger partial charge is 0.174 e. The molecule has 3 aromatic rings. The topological polar surface area (TPSA) is 63.8 Å². The van der Waals surface area contributed by atoms with Crippen LogP contribution in [-0.4, -0.2) is 16.2 Å². The highest BCUT2D eigenvalue weighted by Crippen LogP contribution is 2.25. The molecular weight excluding hydrogens is 268 g/mol. The monoisotopic (exact) mass is 282 g/mol. The van der Waals surface area contributed by atoms with Gasteiger partial charge in [0, 0.05) is 10.6 Å². The molecule has 0 radical (unpaired) electrons. The fourth-order valence-electron chi connectivity index (χ4n) is 1.94. The summed E-state index contributed by atoms with van der Waals surface area (Å²) in [6, 6.07) is 15.8. The Morgan fingerprint density at radius 2 is 1.75 bits per heavy atom. The first kappa shape index (κ1) is 12.7. The minimum Gasteiger partial charge on any atom is -0.381 e. The zero-order valence-corrected chi connectivity index (χ0v) is 11.8. The van der Waals surface area contributed by atoms with Crippen LogP contribution in [0.3, 0.4) is 0 Å². The molecule has 3 rings (SSSR count). The van der Waals surface area contributed by atoms with Crippen LogP contribution in [0.4, 0.5) is 17.3 Å². The Bertz CT molecular complexity index is 758. The fourth-order valence-corrected chi connectivity index (χ4v) is 2.40. The van der Waals surface area contributed by atoms with E-state index < -0.39 is 0 Å². The molecule has 20 heavy (non-hydrogen) atoms. The van der Waals surface area contributed by atoms with Gasteiger partial charge in [-0.2, -0.15) is 0 Å². The Morgan fingerprint density at radius 3 is 2.50 bits per heavy atom. The summed E-state index contributed by atoms with van der Waals surface area (Å²) >= 11 is 1.69. The second-order valence-corrected chi connectivity index (χ2v) is 5.18. The maximum absolute atomic E-state index is 5.96. The third-order valence-corrected chi connectivity index (χ3v) is 3.66. The molecule has 100 valence electrons. The number of hydrogen-bond acceptors (Lipinski definition) is 5. The molecule has 4 nitrogen and oxygen atoms in total. The molecule has 1 heterocycles. The molecule has 0 amide bonds. The van der Waals surface area contributed by atoms with E-state index in [1.54, 1.807) is 11.8 Å². The lowest BCUT2D eigenvalue weighted by molar-refractivity contribution is 1.28. The van der Waals surface area contributed by atoms with Gasteiger partial charge in [-0.1, -0.05) is 18.2 Å². The van der Waals surface area contributed by atoms with Crippen molar-refractivity contribution in [2.75, 3.05) is 17.3 Å². The Labute approximate surface area is 121 Å². The van der Waals surface area contributed by atoms with Crippen LogP contribution in [0.1, 0.15) is 0 Å². The van der Waals surface area contributed by atoms with Gasteiger partial charge in [-0.15, -0.1) is 11.8 Å². The quantitative estimate of drug-likeness (QED) is 0.717. The maximum Gasteiger partial charge on any atom is 0.174 e. The van der Waals surface area contributed by atoms with E-state index >= 15 is 0 Å². The largest absolute Gasteiger partial charge is 0.381 e. The summed E-state index contributed by atoms with van der Waals surface area (Å²) in [5.74, 6) is 0.986. The number of nitrogens with one attached hydrogen (secondary N) is 1. The molecule has 0 fully saturated rings. The third kappa shape index (κ3) is 2.53. The first-order valence-electron chi connectivity index (χ1n) is 6.19. The van der Waals surface area contributed by atoms with Gasteiger partial charge in [-0.3, -0.25) is 0 Å². The average Bonchev–Trinajstić information content (AvgIpc) is 2.48. The highest BCUT2D eigenvalue weighted by Gasteiger charge is 2.06. The number of benzene rings is 2. The van der Waals surface area contributed by atoms with Gasteiger partial charge >= 0.3 is 0 Å². The first-order valence-corrected chi connectivity index (χ1v) is 7.42. The van der Waals surface area contributed by atoms with E-state index in [1.807, 2.05) is 42.7 Å². The van der Waals surface area contributed by atoms with Crippen LogP contribution in [0.15, 0.2) is 53.4 Å². The Hall–Kier alpha value is -2.27. The average molecular weight is 282 g/mol. The third-order valence-electron chi connectivity index (χ3n) is 2.93. The molecule has 0 spiro atoms. The molecule has 0 bridgehead atoms. The zero-order valence-electron chi connectivity index (χ0n) is 11.0. The van der Waals surface area contributed by atoms with Crippen molar-refractivity contribution in [3.63, 3.8) is 0 Å². The number of rotatable bonds is 3. The number of nitrogen functional groups attached to an aromatic ring is 1. The highest BCUT2D eigenvalue weighted by atomic mass is 32.2. The number of nitrogens with two attached hydrogens (primary N) is 1. The summed E-state index contributed by atoms with van der Waals surface area (Å²) < 4.78 is 0. The molecule has 0 unspecified atom stereocenters. The van der Waals surface area contributed by atoms with Crippen molar-refractivity contribution in [2.24, 2.45) is 0 Å². The Balaban J connectivity index is 1.99. The molecule has 1 aromatic heterocycles. The van der Waals surface area contributed by atoms with Gasteiger partial charge in [0.25, 0.3) is 0 Å². The molecule has 0 aliphatic carbocycles. The van der Waals surface area contributed by atoms with Crippen molar-refractivity contribution in [1.82, 2.24) is 9.97 Å². The number of nitrogens with zero attached hydrogens (tertiary/aromatic N) is 2. The van der Waals surface area contributed by atoms with Crippen LogP contribution < -0.4 is 11.1 Å². The van der Waals surface area contributed by atoms with Crippen molar-refractivity contribution in [3.8, 4) is 0 Å². The normalized spacial score (nSPS) is 10.7. The molecule has 0 saturated carbocycles. The summed E-state index contributed by atoms with van der Waals surface area (Å²) in [7, 11) is 0. The molecule has 5 heteroatoms. The Morgan fingerprint density at radius 1 is 1.00 bits per heavy atom. The highest BCUT2D eigenvalue weighted by molar-refractivity contribution is 7.98. The molecule has 0 atom stereocenters. The minimum absolute atomic E-state index is 0.401. The van der Waals surface area contributed by atoms with E-state index in [-0.39, 0.29) is 0 Å². The number of hydrogen-bond donors (Lipinski definition) is 2. The van der Waals surface area contributed by atoms with Crippen molar-refractivity contribution in [3.05, 3.63) is 48.5 Å². The summed E-state index contributed by atoms with van der Waals surface area (Å²) in [6.45, 7) is 0. The van der Waals surface area contributed by atoms with Crippen molar-refractivity contribution in [1.29, 1.82) is 0 Å². The first-order chi connectivity index (χ1) is 9.76. The van der Waals surface area contributed by atoms with Crippen molar-refractivity contribution < 1.29 is 0 Å². The molecule has 2 aromatic carbocycles. The lowest BCUT2D eigenvalue weighted by Gasteiger charge is -2.09. The molecule has 0 saturated heterocycles. The molecule has 3 N–H and O–H groups in total. The van der Waals surface area contributed by atoms with E-state index in [1.165, 1.54) is 4.90 Å². The van der Waals surface area contributed by atoms with Crippen LogP contribution in [0, 0.1) is 0 Å². The van der Waals surface area contributed by atoms with Gasteiger partial charge in [0.1, 0.15) is 0 Å². The van der Waals surface area contributed by atoms with Crippen LogP contribution in [0.2, 0.25) is 0 Å². The fraction of sp³-hybridized carbons (Fsp3) is 0.0667. The van der Waals surface area contributed by atoms with Crippen LogP contribution in [0.25, 0.3) is 11.0 Å². The van der Waals surface area contributed by atoms with Crippen LogP contribution in [0.5, 0.6) is 0 Å². The predicted molar refractivity (Wildman–Crippen MR) is 85.5 cm³/mol. The lowest BCUT2D eigenvalue weighted by Crippen LogP contribution is -2.02. The number of fused-ring (bicyclic) bond motifs is 1. The molecule has 0 aliphatic rings. The number of para-hydroxylation sites is 2. The standard InChI is InChI=1S/C15H14N4S/c1-20-11-6-4-5-10(9-11)17-15-14(16)18-12-7-2-3-8-13(12)19-15/h2-9H,1H3,(H2,16,18)(H,17,19). The maximum atomic E-state index is 5.96. The van der Waals surface area contributed by atoms with E-state index in [2.05, 4.69) is 27.4 Å². The number of thioether (sulfide) groups is 1. The van der Waals surface area contributed by atoms with Gasteiger partial charge in [0.15, 0.2) is 11.6 Å². The van der Waals surface area contributed by atoms with Crippen molar-refractivity contribution >= 4 is 40.1 Å². The number of anilines is 3. The van der Waals surface area contributed by atoms with Gasteiger partial charge < -0.3 is 11.1 Å². The van der Waals surface area contributed by atoms with Crippen LogP contribution in [-0.2, 0) is 0 Å². The lowest BCUT2D eigenvalue weighted by atomic mass is 10.3. The summed E-state index contributed by atoms with van der Waals surface area (Å²) in [4.78, 5) is 10.1. The number of aromatic nitrogens is 2. The molecular formula is C15H14N4S. The van der Waals surface area contributed by atoms with E-state index in [4.69, 9.17) is 5.73 Å². The van der Waals surface area contributed by atoms with E-state index in [0.29, 0.717) is 11.6 Å². The van der Waals surface area contributed by atoms with Crippen molar-refractivity contribution in [2.45, 2.75) is 4.90 Å². The second kappa shape index (κ2) is 5.38. The second-order valence-electron chi connectivity index (χ2n) is 4.30.